The Hall–Kier alpha value is -3.48. The summed E-state index contributed by atoms with van der Waals surface area (Å²) in [4.78, 5) is 15.3. The van der Waals surface area contributed by atoms with Crippen molar-refractivity contribution in [3.8, 4) is 16.9 Å². The fraction of sp³-hybridized carbons (Fsp3) is 0.571. The zero-order chi connectivity index (χ0) is 32.3. The summed E-state index contributed by atoms with van der Waals surface area (Å²) in [6.07, 6.45) is 1.72. The number of halogens is 3. The topological polar surface area (TPSA) is 91.4 Å². The van der Waals surface area contributed by atoms with Crippen LogP contribution in [-0.4, -0.2) is 96.4 Å². The fourth-order valence-electron chi connectivity index (χ4n) is 8.00. The van der Waals surface area contributed by atoms with Crippen molar-refractivity contribution in [3.05, 3.63) is 41.3 Å². The van der Waals surface area contributed by atoms with E-state index in [-0.39, 0.29) is 11.7 Å². The summed E-state index contributed by atoms with van der Waals surface area (Å²) in [5.41, 5.74) is 4.92. The zero-order valence-corrected chi connectivity index (χ0v) is 27.1. The van der Waals surface area contributed by atoms with Gasteiger partial charge in [0.05, 0.1) is 31.0 Å². The second-order valence-electron chi connectivity index (χ2n) is 14.0. The highest BCUT2D eigenvalue weighted by Crippen LogP contribution is 2.47. The van der Waals surface area contributed by atoms with Gasteiger partial charge in [0.15, 0.2) is 12.4 Å². The Kier molecular flexibility index (Phi) is 7.80. The summed E-state index contributed by atoms with van der Waals surface area (Å²) in [7, 11) is 0. The number of aromatic amines is 1. The van der Waals surface area contributed by atoms with E-state index in [1.807, 2.05) is 26.0 Å². The van der Waals surface area contributed by atoms with E-state index in [1.54, 1.807) is 6.20 Å². The first-order valence-corrected chi connectivity index (χ1v) is 17.0. The van der Waals surface area contributed by atoms with Crippen LogP contribution in [0.5, 0.6) is 5.75 Å². The van der Waals surface area contributed by atoms with Gasteiger partial charge in [0.1, 0.15) is 17.2 Å². The maximum atomic E-state index is 13.9. The summed E-state index contributed by atoms with van der Waals surface area (Å²) in [5.74, 6) is 1.80. The Morgan fingerprint density at radius 2 is 1.79 bits per heavy atom. The van der Waals surface area contributed by atoms with Crippen LogP contribution in [-0.2, 0) is 11.2 Å². The van der Waals surface area contributed by atoms with Crippen molar-refractivity contribution in [1.29, 1.82) is 0 Å². The number of aromatic nitrogens is 4. The lowest BCUT2D eigenvalue weighted by Crippen LogP contribution is -2.58. The number of aryl methyl sites for hydroxylation is 2. The van der Waals surface area contributed by atoms with Crippen molar-refractivity contribution >= 4 is 27.6 Å². The molecule has 6 heterocycles. The molecule has 12 heteroatoms. The second-order valence-corrected chi connectivity index (χ2v) is 14.0. The number of benzene rings is 2. The molecule has 0 radical (unpaired) electrons. The Balaban J connectivity index is 1.31. The van der Waals surface area contributed by atoms with Gasteiger partial charge >= 0.3 is 6.18 Å². The molecule has 0 amide bonds. The third-order valence-electron chi connectivity index (χ3n) is 11.0. The maximum Gasteiger partial charge on any atom is 0.422 e. The number of ether oxygens (including phenoxy) is 2. The number of likely N-dealkylation sites (tertiary alicyclic amines) is 1. The van der Waals surface area contributed by atoms with Crippen LogP contribution in [0, 0.1) is 12.3 Å². The smallest absolute Gasteiger partial charge is 0.422 e. The minimum absolute atomic E-state index is 0.103. The van der Waals surface area contributed by atoms with Gasteiger partial charge in [-0.15, -0.1) is 0 Å². The quantitative estimate of drug-likeness (QED) is 0.262. The van der Waals surface area contributed by atoms with E-state index in [9.17, 15) is 13.2 Å². The number of hydrogen-bond donors (Lipinski definition) is 2. The van der Waals surface area contributed by atoms with Crippen LogP contribution in [0.15, 0.2) is 24.4 Å². The molecule has 47 heavy (non-hydrogen) atoms. The van der Waals surface area contributed by atoms with Gasteiger partial charge in [0, 0.05) is 48.4 Å². The number of alkyl halides is 3. The van der Waals surface area contributed by atoms with Crippen molar-refractivity contribution < 1.29 is 22.6 Å². The highest BCUT2D eigenvalue weighted by molar-refractivity contribution is 6.05. The first kappa shape index (κ1) is 30.8. The molecule has 0 bridgehead atoms. The predicted octanol–water partition coefficient (Wildman–Crippen LogP) is 5.75. The Morgan fingerprint density at radius 3 is 2.43 bits per heavy atom. The number of nitrogens with one attached hydrogen (secondary N) is 2. The minimum atomic E-state index is -4.52. The Labute approximate surface area is 272 Å². The number of H-pyrrole nitrogens is 1. The van der Waals surface area contributed by atoms with Crippen LogP contribution >= 0.6 is 0 Å². The van der Waals surface area contributed by atoms with Gasteiger partial charge in [-0.1, -0.05) is 13.0 Å². The molecule has 8 rings (SSSR count). The van der Waals surface area contributed by atoms with Gasteiger partial charge in [-0.25, -0.2) is 9.97 Å². The number of piperidine rings is 2. The number of nitrogens with zero attached hydrogens (tertiary/aromatic N) is 5. The van der Waals surface area contributed by atoms with Gasteiger partial charge < -0.3 is 19.7 Å². The Morgan fingerprint density at radius 1 is 1.02 bits per heavy atom. The first-order valence-electron chi connectivity index (χ1n) is 17.0. The summed E-state index contributed by atoms with van der Waals surface area (Å²) in [6.45, 7) is 9.79. The van der Waals surface area contributed by atoms with Crippen molar-refractivity contribution in [1.82, 2.24) is 30.4 Å². The monoisotopic (exact) mass is 649 g/mol. The SMILES string of the molecule is CCc1cc2c(N3CCC4(CC3)CNC4)nc(C3CCN(C4COC4)CC3)nc2c(OCC(F)(F)F)c1-c1c(C)ccc2[nH]ncc12. The summed E-state index contributed by atoms with van der Waals surface area (Å²) in [5, 5.41) is 12.3. The lowest BCUT2D eigenvalue weighted by molar-refractivity contribution is -0.153. The maximum absolute atomic E-state index is 13.9. The molecule has 2 aromatic carbocycles. The van der Waals surface area contributed by atoms with E-state index < -0.39 is 12.8 Å². The highest BCUT2D eigenvalue weighted by Gasteiger charge is 2.41. The third-order valence-corrected chi connectivity index (χ3v) is 11.0. The molecular formula is C35H42F3N7O2. The minimum Gasteiger partial charge on any atom is -0.481 e. The van der Waals surface area contributed by atoms with E-state index in [1.165, 1.54) is 0 Å². The van der Waals surface area contributed by atoms with Crippen molar-refractivity contribution in [2.75, 3.05) is 64.0 Å². The van der Waals surface area contributed by atoms with Crippen molar-refractivity contribution in [2.24, 2.45) is 5.41 Å². The average Bonchev–Trinajstić information content (AvgIpc) is 3.50. The van der Waals surface area contributed by atoms with Crippen LogP contribution in [0.1, 0.15) is 55.5 Å². The lowest BCUT2D eigenvalue weighted by Gasteiger charge is -2.48. The van der Waals surface area contributed by atoms with Gasteiger partial charge in [0.2, 0.25) is 0 Å². The van der Waals surface area contributed by atoms with Gasteiger partial charge in [-0.2, -0.15) is 18.3 Å². The molecule has 0 unspecified atom stereocenters. The lowest BCUT2D eigenvalue weighted by atomic mass is 9.73. The number of anilines is 1. The predicted molar refractivity (Wildman–Crippen MR) is 175 cm³/mol. The molecule has 0 saturated carbocycles. The molecule has 4 aliphatic heterocycles. The first-order chi connectivity index (χ1) is 22.7. The van der Waals surface area contributed by atoms with Gasteiger partial charge in [-0.3, -0.25) is 10.00 Å². The number of hydrogen-bond acceptors (Lipinski definition) is 8. The van der Waals surface area contributed by atoms with Gasteiger partial charge in [-0.05, 0) is 86.4 Å². The molecule has 4 saturated heterocycles. The van der Waals surface area contributed by atoms with Crippen LogP contribution in [0.2, 0.25) is 0 Å². The summed E-state index contributed by atoms with van der Waals surface area (Å²) in [6, 6.07) is 6.50. The molecule has 2 aromatic heterocycles. The van der Waals surface area contributed by atoms with Crippen molar-refractivity contribution in [2.45, 2.75) is 64.1 Å². The number of fused-ring (bicyclic) bond motifs is 2. The van der Waals surface area contributed by atoms with E-state index in [2.05, 4.69) is 31.4 Å². The van der Waals surface area contributed by atoms with Crippen LogP contribution in [0.3, 0.4) is 0 Å². The third kappa shape index (κ3) is 5.61. The average molecular weight is 650 g/mol. The number of rotatable bonds is 7. The molecular weight excluding hydrogens is 607 g/mol. The zero-order valence-electron chi connectivity index (χ0n) is 27.1. The van der Waals surface area contributed by atoms with Crippen molar-refractivity contribution in [3.63, 3.8) is 0 Å². The summed E-state index contributed by atoms with van der Waals surface area (Å²) >= 11 is 0. The molecule has 4 aliphatic rings. The molecule has 2 N–H and O–H groups in total. The van der Waals surface area contributed by atoms with E-state index >= 15 is 0 Å². The van der Waals surface area contributed by atoms with Crippen LogP contribution < -0.4 is 15.0 Å². The molecule has 4 fully saturated rings. The van der Waals surface area contributed by atoms with E-state index in [0.717, 1.165) is 117 Å². The largest absolute Gasteiger partial charge is 0.481 e. The molecule has 4 aromatic rings. The van der Waals surface area contributed by atoms with E-state index in [4.69, 9.17) is 19.4 Å². The molecule has 0 aliphatic carbocycles. The molecule has 0 atom stereocenters. The fourth-order valence-corrected chi connectivity index (χ4v) is 8.00. The summed E-state index contributed by atoms with van der Waals surface area (Å²) < 4.78 is 53.1. The highest BCUT2D eigenvalue weighted by atomic mass is 19.4. The second kappa shape index (κ2) is 11.9. The molecule has 1 spiro atoms. The van der Waals surface area contributed by atoms with Crippen LogP contribution in [0.25, 0.3) is 32.9 Å². The van der Waals surface area contributed by atoms with Crippen LogP contribution in [0.4, 0.5) is 19.0 Å². The normalized spacial score (nSPS) is 21.0. The van der Waals surface area contributed by atoms with Gasteiger partial charge in [0.25, 0.3) is 0 Å². The van der Waals surface area contributed by atoms with E-state index in [0.29, 0.717) is 34.8 Å². The molecule has 250 valence electrons. The molecule has 9 nitrogen and oxygen atoms in total. The Bertz CT molecular complexity index is 1780. The standard InChI is InChI=1S/C35H42F3N7O2/c1-3-22-14-25-30(31(47-20-35(36,37)38)29(22)28-21(2)4-5-27-26(28)15-40-43-27)41-32(23-6-10-44(11-7-23)24-16-46-17-24)42-33(25)45-12-8-34(9-13-45)18-39-19-34/h4-5,14-15,23-24,39H,3,6-13,16-20H2,1-2H3,(H,40,43).